The van der Waals surface area contributed by atoms with E-state index >= 15 is 0 Å². The van der Waals surface area contributed by atoms with Gasteiger partial charge in [0.1, 0.15) is 11.6 Å². The number of carboxylic acid groups (broad SMARTS) is 1. The largest absolute Gasteiger partial charge is 0.493 e. The summed E-state index contributed by atoms with van der Waals surface area (Å²) in [6.07, 6.45) is -2.84. The molecule has 0 spiro atoms. The Bertz CT molecular complexity index is 2240. The van der Waals surface area contributed by atoms with Crippen molar-refractivity contribution in [2.24, 2.45) is 5.41 Å². The molecule has 3 aromatic carbocycles. The summed E-state index contributed by atoms with van der Waals surface area (Å²) in [5.74, 6) is -0.584. The maximum Gasteiger partial charge on any atom is 0.417 e. The van der Waals surface area contributed by atoms with Crippen LogP contribution in [0.3, 0.4) is 0 Å². The van der Waals surface area contributed by atoms with E-state index in [4.69, 9.17) is 4.74 Å². The number of rotatable bonds is 11. The van der Waals surface area contributed by atoms with Crippen LogP contribution in [0.1, 0.15) is 57.1 Å². The monoisotopic (exact) mass is 729 g/mol. The van der Waals surface area contributed by atoms with Crippen LogP contribution < -0.4 is 4.74 Å². The Morgan fingerprint density at radius 1 is 0.904 bits per heavy atom. The number of hydrogen-bond acceptors (Lipinski definition) is 5. The molecule has 6 nitrogen and oxygen atoms in total. The molecular weight excluding hydrogens is 691 g/mol. The van der Waals surface area contributed by atoms with Crippen molar-refractivity contribution in [2.75, 3.05) is 6.61 Å². The lowest BCUT2D eigenvalue weighted by atomic mass is 9.88. The molecule has 3 heterocycles. The molecule has 0 aliphatic carbocycles. The van der Waals surface area contributed by atoms with Crippen molar-refractivity contribution in [3.05, 3.63) is 119 Å². The van der Waals surface area contributed by atoms with E-state index in [1.807, 2.05) is 54.6 Å². The summed E-state index contributed by atoms with van der Waals surface area (Å²) < 4.78 is 61.2. The molecule has 3 aromatic heterocycles. The quantitative estimate of drug-likeness (QED) is 0.106. The lowest BCUT2D eigenvalue weighted by molar-refractivity contribution is -0.147. The molecule has 52 heavy (non-hydrogen) atoms. The van der Waals surface area contributed by atoms with Crippen molar-refractivity contribution in [3.63, 3.8) is 0 Å². The molecule has 6 aromatic rings. The summed E-state index contributed by atoms with van der Waals surface area (Å²) in [5, 5.41) is 12.0. The number of aromatic nitrogens is 3. The normalized spacial score (nSPS) is 12.5. The van der Waals surface area contributed by atoms with Gasteiger partial charge in [0, 0.05) is 74.5 Å². The van der Waals surface area contributed by atoms with Gasteiger partial charge in [-0.2, -0.15) is 13.2 Å². The van der Waals surface area contributed by atoms with E-state index in [-0.39, 0.29) is 17.0 Å². The molecule has 0 radical (unpaired) electrons. The van der Waals surface area contributed by atoms with Gasteiger partial charge in [0.25, 0.3) is 0 Å². The van der Waals surface area contributed by atoms with E-state index in [9.17, 15) is 27.5 Å². The zero-order valence-corrected chi connectivity index (χ0v) is 30.3. The van der Waals surface area contributed by atoms with Crippen LogP contribution in [0.4, 0.5) is 17.6 Å². The summed E-state index contributed by atoms with van der Waals surface area (Å²) in [6.45, 7) is 10.6. The van der Waals surface area contributed by atoms with E-state index in [1.54, 1.807) is 31.7 Å². The number of halogens is 4. The molecule has 0 bridgehead atoms. The molecule has 270 valence electrons. The SMILES string of the molecule is CC(C)(C)Sc1c(CC(C)(C)C(=O)O)n(Cc2ccc(-c3ccc(C(F)(F)F)cn3)cc2)c2ccc(OCCc3ccc4ccc(F)cc4n3)cc12. The fourth-order valence-electron chi connectivity index (χ4n) is 5.96. The van der Waals surface area contributed by atoms with Crippen molar-refractivity contribution >= 4 is 39.5 Å². The topological polar surface area (TPSA) is 77.2 Å². The minimum Gasteiger partial charge on any atom is -0.493 e. The number of carbonyl (C=O) groups is 1. The van der Waals surface area contributed by atoms with Gasteiger partial charge in [-0.15, -0.1) is 11.8 Å². The molecule has 11 heteroatoms. The summed E-state index contributed by atoms with van der Waals surface area (Å²) in [5.41, 5.74) is 3.35. The second-order valence-electron chi connectivity index (χ2n) is 14.5. The molecule has 0 saturated carbocycles. The molecule has 0 amide bonds. The van der Waals surface area contributed by atoms with Gasteiger partial charge in [-0.05, 0) is 67.9 Å². The number of alkyl halides is 3. The maximum atomic E-state index is 13.8. The van der Waals surface area contributed by atoms with Gasteiger partial charge < -0.3 is 14.4 Å². The second kappa shape index (κ2) is 14.3. The Hall–Kier alpha value is -4.90. The van der Waals surface area contributed by atoms with Crippen molar-refractivity contribution in [1.82, 2.24) is 14.5 Å². The van der Waals surface area contributed by atoms with Crippen molar-refractivity contribution in [2.45, 2.75) is 69.8 Å². The first-order valence-corrected chi connectivity index (χ1v) is 17.7. The van der Waals surface area contributed by atoms with Crippen LogP contribution in [0.5, 0.6) is 5.75 Å². The number of benzene rings is 3. The molecule has 0 atom stereocenters. The molecule has 0 unspecified atom stereocenters. The smallest absolute Gasteiger partial charge is 0.417 e. The fourth-order valence-corrected chi connectivity index (χ4v) is 7.14. The highest BCUT2D eigenvalue weighted by Gasteiger charge is 2.33. The van der Waals surface area contributed by atoms with Crippen LogP contribution in [-0.2, 0) is 30.4 Å². The molecule has 0 aliphatic heterocycles. The third kappa shape index (κ3) is 8.41. The number of ether oxygens (including phenoxy) is 1. The number of fused-ring (bicyclic) bond motifs is 2. The van der Waals surface area contributed by atoms with Gasteiger partial charge in [-0.25, -0.2) is 4.39 Å². The second-order valence-corrected chi connectivity index (χ2v) is 16.3. The Labute approximate surface area is 303 Å². The predicted octanol–water partition coefficient (Wildman–Crippen LogP) is 10.6. The molecule has 0 aliphatic rings. The van der Waals surface area contributed by atoms with Gasteiger partial charge in [0.05, 0.1) is 28.8 Å². The number of carboxylic acids is 1. The first kappa shape index (κ1) is 36.9. The van der Waals surface area contributed by atoms with E-state index < -0.39 is 23.1 Å². The Morgan fingerprint density at radius 2 is 1.63 bits per heavy atom. The molecule has 0 saturated heterocycles. The Balaban J connectivity index is 1.33. The van der Waals surface area contributed by atoms with Gasteiger partial charge in [0.2, 0.25) is 0 Å². The lowest BCUT2D eigenvalue weighted by Gasteiger charge is -2.24. The number of aliphatic carboxylic acids is 1. The zero-order chi connectivity index (χ0) is 37.4. The first-order valence-electron chi connectivity index (χ1n) is 16.8. The third-order valence-electron chi connectivity index (χ3n) is 8.71. The van der Waals surface area contributed by atoms with Gasteiger partial charge in [0.15, 0.2) is 0 Å². The average molecular weight is 730 g/mol. The highest BCUT2D eigenvalue weighted by atomic mass is 32.2. The van der Waals surface area contributed by atoms with E-state index in [0.717, 1.165) is 50.4 Å². The Kier molecular flexibility index (Phi) is 10.1. The first-order chi connectivity index (χ1) is 24.5. The van der Waals surface area contributed by atoms with Crippen LogP contribution >= 0.6 is 11.8 Å². The van der Waals surface area contributed by atoms with Crippen molar-refractivity contribution in [1.29, 1.82) is 0 Å². The molecule has 0 fully saturated rings. The van der Waals surface area contributed by atoms with Crippen molar-refractivity contribution < 1.29 is 32.2 Å². The molecule has 6 rings (SSSR count). The number of hydrogen-bond donors (Lipinski definition) is 1. The molecule has 1 N–H and O–H groups in total. The van der Waals surface area contributed by atoms with Crippen LogP contribution in [-0.4, -0.2) is 37.0 Å². The summed E-state index contributed by atoms with van der Waals surface area (Å²) in [6, 6.07) is 24.1. The van der Waals surface area contributed by atoms with Gasteiger partial charge >= 0.3 is 12.1 Å². The predicted molar refractivity (Wildman–Crippen MR) is 197 cm³/mol. The molecular formula is C41H39F4N3O3S. The minimum absolute atomic E-state index is 0.199. The van der Waals surface area contributed by atoms with Crippen LogP contribution in [0.2, 0.25) is 0 Å². The fraction of sp³-hybridized carbons (Fsp3) is 0.293. The summed E-state index contributed by atoms with van der Waals surface area (Å²) >= 11 is 1.68. The maximum absolute atomic E-state index is 13.8. The van der Waals surface area contributed by atoms with Crippen LogP contribution in [0.15, 0.2) is 96.0 Å². The van der Waals surface area contributed by atoms with Crippen LogP contribution in [0.25, 0.3) is 33.1 Å². The summed E-state index contributed by atoms with van der Waals surface area (Å²) in [7, 11) is 0. The summed E-state index contributed by atoms with van der Waals surface area (Å²) in [4.78, 5) is 22.0. The van der Waals surface area contributed by atoms with Gasteiger partial charge in [-0.3, -0.25) is 14.8 Å². The third-order valence-corrected chi connectivity index (χ3v) is 9.98. The van der Waals surface area contributed by atoms with E-state index in [1.165, 1.54) is 18.2 Å². The Morgan fingerprint density at radius 3 is 2.29 bits per heavy atom. The van der Waals surface area contributed by atoms with E-state index in [0.29, 0.717) is 42.1 Å². The van der Waals surface area contributed by atoms with E-state index in [2.05, 4.69) is 35.3 Å². The van der Waals surface area contributed by atoms with Crippen molar-refractivity contribution in [3.8, 4) is 17.0 Å². The number of pyridine rings is 2. The average Bonchev–Trinajstić information content (AvgIpc) is 3.33. The minimum atomic E-state index is -4.46. The lowest BCUT2D eigenvalue weighted by Crippen LogP contribution is -2.28. The highest BCUT2D eigenvalue weighted by Crippen LogP contribution is 2.44. The number of thioether (sulfide) groups is 1. The van der Waals surface area contributed by atoms with Crippen LogP contribution in [0, 0.1) is 11.2 Å². The van der Waals surface area contributed by atoms with Gasteiger partial charge in [-0.1, -0.05) is 51.1 Å². The standard InChI is InChI=1S/C41H39F4N3O3S/c1-39(2,3)52-37-32-21-31(51-19-18-30-14-11-27-10-13-29(42)20-34(27)47-30)15-17-35(32)48(36(37)22-40(4,5)38(49)50)24-25-6-8-26(9-7-25)33-16-12-28(23-46-33)41(43,44)45/h6-17,20-21,23H,18-19,22,24H2,1-5H3,(H,49,50). The highest BCUT2D eigenvalue weighted by molar-refractivity contribution is 8.00. The number of nitrogens with zero attached hydrogens (tertiary/aromatic N) is 3. The zero-order valence-electron chi connectivity index (χ0n) is 29.5.